The largest absolute Gasteiger partial charge is 0.466 e. The molecule has 0 unspecified atom stereocenters. The van der Waals surface area contributed by atoms with Gasteiger partial charge in [0.25, 0.3) is 0 Å². The van der Waals surface area contributed by atoms with E-state index < -0.39 is 0 Å². The quantitative estimate of drug-likeness (QED) is 0.0645. The molecule has 0 bridgehead atoms. The van der Waals surface area contributed by atoms with E-state index in [0.717, 1.165) is 76.0 Å². The molecule has 0 radical (unpaired) electrons. The van der Waals surface area contributed by atoms with Gasteiger partial charge < -0.3 is 14.2 Å². The summed E-state index contributed by atoms with van der Waals surface area (Å²) in [4.78, 5) is 11.8. The normalized spacial score (nSPS) is 10.3. The first-order valence-electron chi connectivity index (χ1n) is 12.1. The maximum Gasteiger partial charge on any atom is 0.305 e. The summed E-state index contributed by atoms with van der Waals surface area (Å²) >= 11 is 3.37. The lowest BCUT2D eigenvalue weighted by Crippen LogP contribution is -2.19. The molecular weight excluding hydrogens is 456 g/mol. The number of rotatable bonds is 19. The smallest absolute Gasteiger partial charge is 0.305 e. The molecular formula is C26H43BrO4. The van der Waals surface area contributed by atoms with E-state index in [-0.39, 0.29) is 12.3 Å². The summed E-state index contributed by atoms with van der Waals surface area (Å²) in [5.74, 6) is 12.6. The number of ether oxygens (including phenoxy) is 3. The minimum atomic E-state index is -0.259. The Balaban J connectivity index is 4.12. The minimum Gasteiger partial charge on any atom is -0.466 e. The van der Waals surface area contributed by atoms with Crippen molar-refractivity contribution in [1.29, 1.82) is 0 Å². The van der Waals surface area contributed by atoms with Gasteiger partial charge in [-0.25, -0.2) is 0 Å². The van der Waals surface area contributed by atoms with Gasteiger partial charge in [-0.05, 0) is 44.9 Å². The second-order valence-corrected chi connectivity index (χ2v) is 8.24. The number of carbonyl (C=O) groups is 1. The van der Waals surface area contributed by atoms with Crippen LogP contribution < -0.4 is 0 Å². The van der Waals surface area contributed by atoms with Crippen molar-refractivity contribution in [2.45, 2.75) is 110 Å². The molecule has 0 atom stereocenters. The van der Waals surface area contributed by atoms with Gasteiger partial charge in [0.15, 0.2) is 6.29 Å². The Labute approximate surface area is 199 Å². The molecule has 0 N–H and O–H groups in total. The summed E-state index contributed by atoms with van der Waals surface area (Å²) in [5.41, 5.74) is 0. The average molecular weight is 500 g/mol. The molecule has 0 rings (SSSR count). The van der Waals surface area contributed by atoms with Crippen LogP contribution >= 0.6 is 15.9 Å². The summed E-state index contributed by atoms with van der Waals surface area (Å²) in [7, 11) is 0. The topological polar surface area (TPSA) is 44.8 Å². The fourth-order valence-corrected chi connectivity index (χ4v) is 3.01. The Hall–Kier alpha value is -1.01. The molecule has 0 fully saturated rings. The fraction of sp³-hybridized carbons (Fsp3) is 0.808. The highest BCUT2D eigenvalue weighted by Gasteiger charge is 2.10. The number of hydrogen-bond donors (Lipinski definition) is 0. The monoisotopic (exact) mass is 498 g/mol. The molecule has 0 aliphatic rings. The van der Waals surface area contributed by atoms with Gasteiger partial charge >= 0.3 is 5.97 Å². The van der Waals surface area contributed by atoms with E-state index in [2.05, 4.69) is 53.5 Å². The number of unbranched alkanes of at least 4 members (excludes halogenated alkanes) is 6. The summed E-state index contributed by atoms with van der Waals surface area (Å²) in [6.07, 6.45) is 12.6. The van der Waals surface area contributed by atoms with Gasteiger partial charge in [0.1, 0.15) is 0 Å². The molecule has 0 amide bonds. The van der Waals surface area contributed by atoms with Crippen molar-refractivity contribution < 1.29 is 19.0 Å². The van der Waals surface area contributed by atoms with Crippen LogP contribution in [0.5, 0.6) is 0 Å². The molecule has 178 valence electrons. The van der Waals surface area contributed by atoms with Gasteiger partial charge in [0.2, 0.25) is 0 Å². The van der Waals surface area contributed by atoms with Crippen molar-refractivity contribution in [2.24, 2.45) is 0 Å². The minimum absolute atomic E-state index is 0.113. The number of carbonyl (C=O) groups excluding carboxylic acids is 1. The lowest BCUT2D eigenvalue weighted by atomic mass is 10.2. The molecule has 4 nitrogen and oxygen atoms in total. The third kappa shape index (κ3) is 23.5. The molecule has 5 heteroatoms. The van der Waals surface area contributed by atoms with Gasteiger partial charge in [0.05, 0.1) is 19.8 Å². The van der Waals surface area contributed by atoms with Gasteiger partial charge in [-0.15, -0.1) is 23.7 Å². The molecule has 0 aromatic carbocycles. The molecule has 0 aromatic rings. The van der Waals surface area contributed by atoms with Crippen LogP contribution in [0.25, 0.3) is 0 Å². The van der Waals surface area contributed by atoms with Crippen LogP contribution in [0.15, 0.2) is 0 Å². The van der Waals surface area contributed by atoms with E-state index in [1.807, 2.05) is 0 Å². The summed E-state index contributed by atoms with van der Waals surface area (Å²) in [6, 6.07) is 0. The van der Waals surface area contributed by atoms with E-state index in [4.69, 9.17) is 14.2 Å². The molecule has 0 aliphatic carbocycles. The predicted octanol–water partition coefficient (Wildman–Crippen LogP) is 6.79. The molecule has 0 saturated heterocycles. The Kier molecular flexibility index (Phi) is 24.4. The van der Waals surface area contributed by atoms with E-state index in [1.54, 1.807) is 0 Å². The summed E-state index contributed by atoms with van der Waals surface area (Å²) in [5, 5.41) is 0.945. The first-order chi connectivity index (χ1) is 15.2. The molecule has 0 spiro atoms. The molecule has 0 saturated carbocycles. The lowest BCUT2D eigenvalue weighted by molar-refractivity contribution is -0.147. The Bertz CT molecular complexity index is 495. The molecule has 31 heavy (non-hydrogen) atoms. The van der Waals surface area contributed by atoms with E-state index in [0.29, 0.717) is 26.2 Å². The zero-order valence-electron chi connectivity index (χ0n) is 19.8. The maximum absolute atomic E-state index is 11.8. The van der Waals surface area contributed by atoms with Crippen molar-refractivity contribution in [3.63, 3.8) is 0 Å². The number of alkyl halides is 1. The zero-order chi connectivity index (χ0) is 22.8. The number of esters is 1. The summed E-state index contributed by atoms with van der Waals surface area (Å²) < 4.78 is 17.0. The van der Waals surface area contributed by atoms with Crippen molar-refractivity contribution in [2.75, 3.05) is 25.2 Å². The highest BCUT2D eigenvalue weighted by Crippen LogP contribution is 2.10. The molecule has 0 aromatic heterocycles. The van der Waals surface area contributed by atoms with Crippen LogP contribution in [0, 0.1) is 23.7 Å². The SMILES string of the molecule is CCCCC#CCCOC(CCCCC(=O)OCCCCBr)OCCC#CCCCC. The fourth-order valence-electron chi connectivity index (χ4n) is 2.62. The van der Waals surface area contributed by atoms with E-state index >= 15 is 0 Å². The molecule has 0 aliphatic heterocycles. The maximum atomic E-state index is 11.8. The van der Waals surface area contributed by atoms with Gasteiger partial charge in [-0.1, -0.05) is 42.6 Å². The lowest BCUT2D eigenvalue weighted by Gasteiger charge is -2.17. The summed E-state index contributed by atoms with van der Waals surface area (Å²) in [6.45, 7) is 6.00. The van der Waals surface area contributed by atoms with Crippen LogP contribution in [0.1, 0.15) is 104 Å². The van der Waals surface area contributed by atoms with Gasteiger partial charge in [0, 0.05) is 37.4 Å². The number of halogens is 1. The third-order valence-electron chi connectivity index (χ3n) is 4.48. The Morgan fingerprint density at radius 3 is 1.87 bits per heavy atom. The molecule has 0 heterocycles. The Morgan fingerprint density at radius 1 is 0.742 bits per heavy atom. The van der Waals surface area contributed by atoms with Crippen molar-refractivity contribution >= 4 is 21.9 Å². The van der Waals surface area contributed by atoms with Crippen molar-refractivity contribution in [3.8, 4) is 23.7 Å². The van der Waals surface area contributed by atoms with Crippen LogP contribution in [-0.4, -0.2) is 37.4 Å². The highest BCUT2D eigenvalue weighted by atomic mass is 79.9. The van der Waals surface area contributed by atoms with Crippen molar-refractivity contribution in [1.82, 2.24) is 0 Å². The third-order valence-corrected chi connectivity index (χ3v) is 5.04. The van der Waals surface area contributed by atoms with Crippen molar-refractivity contribution in [3.05, 3.63) is 0 Å². The standard InChI is InChI=1S/C26H43BrO4/c1-3-5-7-9-11-16-23-30-26(31-24-17-12-10-8-6-4-2)20-14-13-19-25(28)29-22-18-15-21-27/h26H,3-8,13-24H2,1-2H3. The second-order valence-electron chi connectivity index (χ2n) is 7.45. The van der Waals surface area contributed by atoms with E-state index in [9.17, 15) is 4.79 Å². The van der Waals surface area contributed by atoms with Gasteiger partial charge in [-0.3, -0.25) is 4.79 Å². The predicted molar refractivity (Wildman–Crippen MR) is 132 cm³/mol. The highest BCUT2D eigenvalue weighted by molar-refractivity contribution is 9.09. The second kappa shape index (κ2) is 25.3. The number of hydrogen-bond acceptors (Lipinski definition) is 4. The van der Waals surface area contributed by atoms with Crippen LogP contribution in [0.2, 0.25) is 0 Å². The first kappa shape index (κ1) is 30.0. The average Bonchev–Trinajstić information content (AvgIpc) is 2.77. The first-order valence-corrected chi connectivity index (χ1v) is 13.2. The van der Waals surface area contributed by atoms with E-state index in [1.165, 1.54) is 12.8 Å². The zero-order valence-corrected chi connectivity index (χ0v) is 21.4. The van der Waals surface area contributed by atoms with Crippen LogP contribution in [-0.2, 0) is 19.0 Å². The van der Waals surface area contributed by atoms with Gasteiger partial charge in [-0.2, -0.15) is 0 Å². The van der Waals surface area contributed by atoms with Crippen LogP contribution in [0.4, 0.5) is 0 Å². The van der Waals surface area contributed by atoms with Crippen LogP contribution in [0.3, 0.4) is 0 Å². The Morgan fingerprint density at radius 2 is 1.32 bits per heavy atom.